The van der Waals surface area contributed by atoms with E-state index in [1.54, 1.807) is 7.11 Å². The van der Waals surface area contributed by atoms with Gasteiger partial charge >= 0.3 is 0 Å². The molecule has 0 radical (unpaired) electrons. The summed E-state index contributed by atoms with van der Waals surface area (Å²) in [5.74, 6) is 0. The van der Waals surface area contributed by atoms with Crippen LogP contribution in [0, 0.1) is 0 Å². The summed E-state index contributed by atoms with van der Waals surface area (Å²) in [6.07, 6.45) is 13.7. The molecule has 0 amide bonds. The molecular formula is C14H20O2. The van der Waals surface area contributed by atoms with Crippen molar-refractivity contribution in [2.75, 3.05) is 7.11 Å². The highest BCUT2D eigenvalue weighted by atomic mass is 16.5. The normalized spacial score (nSPS) is 29.9. The molecule has 0 aromatic heterocycles. The summed E-state index contributed by atoms with van der Waals surface area (Å²) in [6.45, 7) is 0. The maximum Gasteiger partial charge on any atom is 0.0758 e. The Morgan fingerprint density at radius 3 is 2.81 bits per heavy atom. The van der Waals surface area contributed by atoms with Crippen LogP contribution in [0.25, 0.3) is 0 Å². The van der Waals surface area contributed by atoms with Gasteiger partial charge in [-0.2, -0.15) is 0 Å². The molecular weight excluding hydrogens is 200 g/mol. The van der Waals surface area contributed by atoms with Crippen molar-refractivity contribution in [1.29, 1.82) is 0 Å². The number of ether oxygens (including phenoxy) is 1. The zero-order valence-corrected chi connectivity index (χ0v) is 9.86. The van der Waals surface area contributed by atoms with E-state index >= 15 is 0 Å². The Bertz CT molecular complexity index is 326. The predicted octanol–water partition coefficient (Wildman–Crippen LogP) is 2.75. The zero-order valence-electron chi connectivity index (χ0n) is 9.86. The molecule has 0 aliphatic heterocycles. The third kappa shape index (κ3) is 3.06. The second-order valence-corrected chi connectivity index (χ2v) is 4.61. The van der Waals surface area contributed by atoms with E-state index in [1.165, 1.54) is 11.1 Å². The first-order chi connectivity index (χ1) is 7.78. The van der Waals surface area contributed by atoms with E-state index in [-0.39, 0.29) is 6.10 Å². The first-order valence-electron chi connectivity index (χ1n) is 6.04. The number of aliphatic hydroxyl groups is 1. The molecule has 0 saturated carbocycles. The predicted molar refractivity (Wildman–Crippen MR) is 65.2 cm³/mol. The lowest BCUT2D eigenvalue weighted by Gasteiger charge is -2.21. The molecule has 2 atom stereocenters. The van der Waals surface area contributed by atoms with Crippen LogP contribution < -0.4 is 0 Å². The summed E-state index contributed by atoms with van der Waals surface area (Å²) in [5, 5.41) is 9.34. The molecule has 88 valence electrons. The van der Waals surface area contributed by atoms with E-state index < -0.39 is 0 Å². The molecule has 2 aliphatic rings. The van der Waals surface area contributed by atoms with E-state index in [4.69, 9.17) is 4.74 Å². The van der Waals surface area contributed by atoms with Crippen LogP contribution in [0.3, 0.4) is 0 Å². The van der Waals surface area contributed by atoms with Crippen molar-refractivity contribution in [2.24, 2.45) is 0 Å². The Balaban J connectivity index is 1.87. The molecule has 0 saturated heterocycles. The number of aliphatic hydroxyl groups excluding tert-OH is 1. The third-order valence-corrected chi connectivity index (χ3v) is 3.38. The van der Waals surface area contributed by atoms with Crippen molar-refractivity contribution in [3.63, 3.8) is 0 Å². The molecule has 2 heteroatoms. The summed E-state index contributed by atoms with van der Waals surface area (Å²) in [5.41, 5.74) is 2.85. The molecule has 2 nitrogen and oxygen atoms in total. The summed E-state index contributed by atoms with van der Waals surface area (Å²) >= 11 is 0. The maximum atomic E-state index is 9.34. The average molecular weight is 220 g/mol. The highest BCUT2D eigenvalue weighted by Gasteiger charge is 2.14. The van der Waals surface area contributed by atoms with Crippen LogP contribution in [0.4, 0.5) is 0 Å². The Morgan fingerprint density at radius 2 is 2.25 bits per heavy atom. The first kappa shape index (κ1) is 11.6. The molecule has 1 N–H and O–H groups in total. The highest BCUT2D eigenvalue weighted by molar-refractivity contribution is 5.29. The van der Waals surface area contributed by atoms with Crippen LogP contribution in [0.15, 0.2) is 35.5 Å². The van der Waals surface area contributed by atoms with Crippen LogP contribution in [0.1, 0.15) is 32.1 Å². The van der Waals surface area contributed by atoms with Crippen molar-refractivity contribution >= 4 is 0 Å². The van der Waals surface area contributed by atoms with Gasteiger partial charge in [0.2, 0.25) is 0 Å². The van der Waals surface area contributed by atoms with E-state index in [0.717, 1.165) is 32.1 Å². The molecule has 0 fully saturated rings. The monoisotopic (exact) mass is 220 g/mol. The molecule has 16 heavy (non-hydrogen) atoms. The first-order valence-corrected chi connectivity index (χ1v) is 6.04. The molecule has 0 aromatic carbocycles. The van der Waals surface area contributed by atoms with E-state index in [0.29, 0.717) is 6.10 Å². The molecule has 2 rings (SSSR count). The van der Waals surface area contributed by atoms with Crippen LogP contribution in [0.2, 0.25) is 0 Å². The summed E-state index contributed by atoms with van der Waals surface area (Å²) < 4.78 is 5.34. The summed E-state index contributed by atoms with van der Waals surface area (Å²) in [6, 6.07) is 0. The average Bonchev–Trinajstić information content (AvgIpc) is 2.33. The van der Waals surface area contributed by atoms with Gasteiger partial charge in [0.25, 0.3) is 0 Å². The van der Waals surface area contributed by atoms with Crippen LogP contribution >= 0.6 is 0 Å². The highest BCUT2D eigenvalue weighted by Crippen LogP contribution is 2.26. The van der Waals surface area contributed by atoms with Crippen LogP contribution in [-0.2, 0) is 4.74 Å². The largest absolute Gasteiger partial charge is 0.389 e. The molecule has 2 unspecified atom stereocenters. The second kappa shape index (κ2) is 5.46. The smallest absolute Gasteiger partial charge is 0.0758 e. The van der Waals surface area contributed by atoms with Gasteiger partial charge in [0.05, 0.1) is 12.2 Å². The number of hydrogen-bond acceptors (Lipinski definition) is 2. The molecule has 0 spiro atoms. The van der Waals surface area contributed by atoms with Gasteiger partial charge in [-0.1, -0.05) is 29.9 Å². The minimum absolute atomic E-state index is 0.276. The number of methoxy groups -OCH3 is 1. The van der Waals surface area contributed by atoms with Gasteiger partial charge in [-0.05, 0) is 37.7 Å². The lowest BCUT2D eigenvalue weighted by atomic mass is 9.90. The fourth-order valence-corrected chi connectivity index (χ4v) is 2.29. The molecule has 0 aromatic rings. The quantitative estimate of drug-likeness (QED) is 0.741. The van der Waals surface area contributed by atoms with Gasteiger partial charge < -0.3 is 9.84 Å². The van der Waals surface area contributed by atoms with Crippen molar-refractivity contribution in [3.8, 4) is 0 Å². The standard InChI is InChI=1S/C14H20O2/c1-16-14-8-4-12(5-9-14)10-11-2-6-13(15)7-3-11/h2-4,6,13-15H,5,7-10H2,1H3. The Kier molecular flexibility index (Phi) is 3.97. The van der Waals surface area contributed by atoms with Crippen molar-refractivity contribution in [1.82, 2.24) is 0 Å². The maximum absolute atomic E-state index is 9.34. The van der Waals surface area contributed by atoms with Crippen molar-refractivity contribution in [3.05, 3.63) is 35.5 Å². The van der Waals surface area contributed by atoms with E-state index in [2.05, 4.69) is 18.2 Å². The number of hydrogen-bond donors (Lipinski definition) is 1. The fourth-order valence-electron chi connectivity index (χ4n) is 2.29. The SMILES string of the molecule is COC1CC=C(CC2=CCC(O)C=C2)CC1. The molecule has 0 bridgehead atoms. The van der Waals surface area contributed by atoms with Crippen molar-refractivity contribution < 1.29 is 9.84 Å². The van der Waals surface area contributed by atoms with Crippen LogP contribution in [-0.4, -0.2) is 24.4 Å². The van der Waals surface area contributed by atoms with Gasteiger partial charge in [0.15, 0.2) is 0 Å². The topological polar surface area (TPSA) is 29.5 Å². The fraction of sp³-hybridized carbons (Fsp3) is 0.571. The Labute approximate surface area is 97.3 Å². The lowest BCUT2D eigenvalue weighted by molar-refractivity contribution is 0.0938. The molecule has 0 heterocycles. The summed E-state index contributed by atoms with van der Waals surface area (Å²) in [4.78, 5) is 0. The second-order valence-electron chi connectivity index (χ2n) is 4.61. The van der Waals surface area contributed by atoms with Gasteiger partial charge in [-0.25, -0.2) is 0 Å². The van der Waals surface area contributed by atoms with Gasteiger partial charge in [-0.3, -0.25) is 0 Å². The van der Waals surface area contributed by atoms with Gasteiger partial charge in [0.1, 0.15) is 0 Å². The lowest BCUT2D eigenvalue weighted by Crippen LogP contribution is -2.14. The third-order valence-electron chi connectivity index (χ3n) is 3.38. The molecule has 2 aliphatic carbocycles. The van der Waals surface area contributed by atoms with Crippen LogP contribution in [0.5, 0.6) is 0 Å². The van der Waals surface area contributed by atoms with Gasteiger partial charge in [0, 0.05) is 7.11 Å². The number of allylic oxidation sites excluding steroid dienone is 3. The minimum Gasteiger partial charge on any atom is -0.389 e. The van der Waals surface area contributed by atoms with Gasteiger partial charge in [-0.15, -0.1) is 0 Å². The Morgan fingerprint density at radius 1 is 1.38 bits per heavy atom. The summed E-state index contributed by atoms with van der Waals surface area (Å²) in [7, 11) is 1.79. The Hall–Kier alpha value is -0.860. The number of rotatable bonds is 3. The van der Waals surface area contributed by atoms with Crippen molar-refractivity contribution in [2.45, 2.75) is 44.3 Å². The zero-order chi connectivity index (χ0) is 11.4. The van der Waals surface area contributed by atoms with E-state index in [1.807, 2.05) is 6.08 Å². The van der Waals surface area contributed by atoms with E-state index in [9.17, 15) is 5.11 Å². The minimum atomic E-state index is -0.276.